The Hall–Kier alpha value is -1.81. The van der Waals surface area contributed by atoms with E-state index in [2.05, 4.69) is 11.0 Å². The average molecular weight is 273 g/mol. The average Bonchev–Trinajstić information content (AvgIpc) is 2.76. The SMILES string of the molecule is Cc1oc2ccccc2c1CN1CCC[C@H](C(=O)O)C1. The second kappa shape index (κ2) is 5.29. The van der Waals surface area contributed by atoms with Gasteiger partial charge in [-0.1, -0.05) is 18.2 Å². The van der Waals surface area contributed by atoms with Crippen molar-refractivity contribution in [2.75, 3.05) is 13.1 Å². The molecular formula is C16H19NO3. The number of hydrogen-bond donors (Lipinski definition) is 1. The van der Waals surface area contributed by atoms with E-state index in [1.54, 1.807) is 0 Å². The second-order valence-corrected chi connectivity index (χ2v) is 5.55. The van der Waals surface area contributed by atoms with Crippen LogP contribution in [0.1, 0.15) is 24.2 Å². The Morgan fingerprint density at radius 2 is 2.25 bits per heavy atom. The molecule has 106 valence electrons. The third-order valence-corrected chi connectivity index (χ3v) is 4.14. The van der Waals surface area contributed by atoms with Crippen LogP contribution >= 0.6 is 0 Å². The van der Waals surface area contributed by atoms with Crippen molar-refractivity contribution in [1.82, 2.24) is 4.90 Å². The Labute approximate surface area is 118 Å². The van der Waals surface area contributed by atoms with Gasteiger partial charge in [0.05, 0.1) is 5.92 Å². The fourth-order valence-electron chi connectivity index (χ4n) is 3.04. The zero-order valence-electron chi connectivity index (χ0n) is 11.6. The molecule has 0 bridgehead atoms. The first-order valence-corrected chi connectivity index (χ1v) is 7.07. The maximum Gasteiger partial charge on any atom is 0.307 e. The van der Waals surface area contributed by atoms with Crippen LogP contribution in [0.2, 0.25) is 0 Å². The number of piperidine rings is 1. The summed E-state index contributed by atoms with van der Waals surface area (Å²) < 4.78 is 5.77. The first-order valence-electron chi connectivity index (χ1n) is 7.07. The molecule has 1 saturated heterocycles. The Balaban J connectivity index is 1.82. The van der Waals surface area contributed by atoms with Gasteiger partial charge in [-0.2, -0.15) is 0 Å². The predicted molar refractivity (Wildman–Crippen MR) is 76.6 cm³/mol. The number of likely N-dealkylation sites (tertiary alicyclic amines) is 1. The van der Waals surface area contributed by atoms with E-state index in [9.17, 15) is 4.79 Å². The van der Waals surface area contributed by atoms with Crippen molar-refractivity contribution in [3.8, 4) is 0 Å². The first-order chi connectivity index (χ1) is 9.65. The second-order valence-electron chi connectivity index (χ2n) is 5.55. The standard InChI is InChI=1S/C16H19NO3/c1-11-14(13-6-2-3-7-15(13)20-11)10-17-8-4-5-12(9-17)16(18)19/h2-3,6-7,12H,4-5,8-10H2,1H3,(H,18,19)/t12-/m0/s1. The summed E-state index contributed by atoms with van der Waals surface area (Å²) in [7, 11) is 0. The van der Waals surface area contributed by atoms with Gasteiger partial charge in [0.25, 0.3) is 0 Å². The highest BCUT2D eigenvalue weighted by Crippen LogP contribution is 2.28. The molecule has 1 aromatic heterocycles. The fraction of sp³-hybridized carbons (Fsp3) is 0.438. The van der Waals surface area contributed by atoms with E-state index < -0.39 is 5.97 Å². The van der Waals surface area contributed by atoms with Gasteiger partial charge in [0.15, 0.2) is 0 Å². The van der Waals surface area contributed by atoms with Crippen LogP contribution in [0.3, 0.4) is 0 Å². The molecule has 2 heterocycles. The summed E-state index contributed by atoms with van der Waals surface area (Å²) in [5.74, 6) is 0.0225. The largest absolute Gasteiger partial charge is 0.481 e. The number of carboxylic acid groups (broad SMARTS) is 1. The van der Waals surface area contributed by atoms with Crippen LogP contribution in [0.15, 0.2) is 28.7 Å². The van der Waals surface area contributed by atoms with Crippen LogP contribution in [0, 0.1) is 12.8 Å². The van der Waals surface area contributed by atoms with Crippen LogP contribution in [0.25, 0.3) is 11.0 Å². The topological polar surface area (TPSA) is 53.7 Å². The lowest BCUT2D eigenvalue weighted by Gasteiger charge is -2.30. The van der Waals surface area contributed by atoms with Crippen molar-refractivity contribution in [2.45, 2.75) is 26.3 Å². The lowest BCUT2D eigenvalue weighted by molar-refractivity contribution is -0.143. The number of carbonyl (C=O) groups is 1. The van der Waals surface area contributed by atoms with Gasteiger partial charge in [-0.3, -0.25) is 9.69 Å². The van der Waals surface area contributed by atoms with Crippen LogP contribution in [0.5, 0.6) is 0 Å². The molecule has 4 nitrogen and oxygen atoms in total. The molecule has 1 fully saturated rings. The van der Waals surface area contributed by atoms with E-state index in [4.69, 9.17) is 9.52 Å². The van der Waals surface area contributed by atoms with Crippen molar-refractivity contribution in [1.29, 1.82) is 0 Å². The number of rotatable bonds is 3. The van der Waals surface area contributed by atoms with Crippen molar-refractivity contribution in [3.05, 3.63) is 35.6 Å². The zero-order chi connectivity index (χ0) is 14.1. The molecule has 1 aromatic carbocycles. The van der Waals surface area contributed by atoms with Crippen molar-refractivity contribution >= 4 is 16.9 Å². The van der Waals surface area contributed by atoms with E-state index in [1.165, 1.54) is 5.56 Å². The Bertz CT molecular complexity index is 632. The normalized spacial score (nSPS) is 20.4. The number of para-hydroxylation sites is 1. The number of carboxylic acids is 1. The van der Waals surface area contributed by atoms with Crippen molar-refractivity contribution < 1.29 is 14.3 Å². The Morgan fingerprint density at radius 3 is 3.05 bits per heavy atom. The van der Waals surface area contributed by atoms with Gasteiger partial charge in [0, 0.05) is 24.0 Å². The third kappa shape index (κ3) is 2.43. The number of nitrogens with zero attached hydrogens (tertiary/aromatic N) is 1. The Kier molecular flexibility index (Phi) is 3.49. The number of aryl methyl sites for hydroxylation is 1. The lowest BCUT2D eigenvalue weighted by atomic mass is 9.97. The number of aliphatic carboxylic acids is 1. The van der Waals surface area contributed by atoms with E-state index in [1.807, 2.05) is 25.1 Å². The van der Waals surface area contributed by atoms with Gasteiger partial charge in [-0.05, 0) is 32.4 Å². The number of furan rings is 1. The highest BCUT2D eigenvalue weighted by molar-refractivity contribution is 5.82. The Morgan fingerprint density at radius 1 is 1.45 bits per heavy atom. The summed E-state index contributed by atoms with van der Waals surface area (Å²) >= 11 is 0. The fourth-order valence-corrected chi connectivity index (χ4v) is 3.04. The molecule has 20 heavy (non-hydrogen) atoms. The summed E-state index contributed by atoms with van der Waals surface area (Å²) in [6.07, 6.45) is 1.74. The van der Waals surface area contributed by atoms with Crippen LogP contribution in [0.4, 0.5) is 0 Å². The monoisotopic (exact) mass is 273 g/mol. The van der Waals surface area contributed by atoms with Crippen molar-refractivity contribution in [3.63, 3.8) is 0 Å². The predicted octanol–water partition coefficient (Wildman–Crippen LogP) is 3.04. The van der Waals surface area contributed by atoms with Gasteiger partial charge in [0.2, 0.25) is 0 Å². The van der Waals surface area contributed by atoms with Crippen LogP contribution < -0.4 is 0 Å². The minimum atomic E-state index is -0.677. The zero-order valence-corrected chi connectivity index (χ0v) is 11.6. The molecule has 1 atom stereocenters. The molecule has 1 N–H and O–H groups in total. The van der Waals surface area contributed by atoms with Gasteiger partial charge < -0.3 is 9.52 Å². The lowest BCUT2D eigenvalue weighted by Crippen LogP contribution is -2.38. The molecule has 0 unspecified atom stereocenters. The number of hydrogen-bond acceptors (Lipinski definition) is 3. The quantitative estimate of drug-likeness (QED) is 0.934. The van der Waals surface area contributed by atoms with Gasteiger partial charge in [-0.25, -0.2) is 0 Å². The molecular weight excluding hydrogens is 254 g/mol. The third-order valence-electron chi connectivity index (χ3n) is 4.14. The highest BCUT2D eigenvalue weighted by atomic mass is 16.4. The molecule has 1 aliphatic rings. The molecule has 2 aromatic rings. The summed E-state index contributed by atoms with van der Waals surface area (Å²) in [6.45, 7) is 4.34. The van der Waals surface area contributed by atoms with E-state index in [-0.39, 0.29) is 5.92 Å². The summed E-state index contributed by atoms with van der Waals surface area (Å²) in [4.78, 5) is 13.4. The number of benzene rings is 1. The minimum Gasteiger partial charge on any atom is -0.481 e. The molecule has 0 radical (unpaired) electrons. The number of fused-ring (bicyclic) bond motifs is 1. The van der Waals surface area contributed by atoms with Crippen molar-refractivity contribution in [2.24, 2.45) is 5.92 Å². The maximum absolute atomic E-state index is 11.1. The van der Waals surface area contributed by atoms with Crippen LogP contribution in [-0.2, 0) is 11.3 Å². The summed E-state index contributed by atoms with van der Waals surface area (Å²) in [5.41, 5.74) is 2.10. The molecule has 0 amide bonds. The van der Waals surface area contributed by atoms with Gasteiger partial charge in [-0.15, -0.1) is 0 Å². The molecule has 0 saturated carbocycles. The van der Waals surface area contributed by atoms with Crippen LogP contribution in [-0.4, -0.2) is 29.1 Å². The highest BCUT2D eigenvalue weighted by Gasteiger charge is 2.26. The summed E-state index contributed by atoms with van der Waals surface area (Å²) in [6, 6.07) is 8.02. The smallest absolute Gasteiger partial charge is 0.307 e. The molecule has 3 rings (SSSR count). The molecule has 0 spiro atoms. The van der Waals surface area contributed by atoms with E-state index in [0.717, 1.165) is 42.7 Å². The summed E-state index contributed by atoms with van der Waals surface area (Å²) in [5, 5.41) is 10.3. The maximum atomic E-state index is 11.1. The molecule has 4 heteroatoms. The van der Waals surface area contributed by atoms with E-state index in [0.29, 0.717) is 6.54 Å². The minimum absolute atomic E-state index is 0.234. The van der Waals surface area contributed by atoms with E-state index >= 15 is 0 Å². The molecule has 0 aliphatic carbocycles. The van der Waals surface area contributed by atoms with Gasteiger partial charge in [0.1, 0.15) is 11.3 Å². The first kappa shape index (κ1) is 13.2. The molecule has 1 aliphatic heterocycles. The van der Waals surface area contributed by atoms with Gasteiger partial charge >= 0.3 is 5.97 Å².